The number of ether oxygens (including phenoxy) is 1. The molecule has 1 aliphatic carbocycles. The number of carbonyl (C=O) groups is 1. The molecule has 1 N–H and O–H groups in total. The number of carbonyl (C=O) groups excluding carboxylic acids is 1. The molecule has 2 aromatic rings. The number of aromatic nitrogens is 1. The van der Waals surface area contributed by atoms with Crippen molar-refractivity contribution in [3.8, 4) is 11.1 Å². The highest BCUT2D eigenvalue weighted by atomic mass is 16.6. The fraction of sp³-hybridized carbons (Fsp3) is 0.500. The Balaban J connectivity index is 1.34. The van der Waals surface area contributed by atoms with Gasteiger partial charge in [-0.15, -0.1) is 0 Å². The Hall–Kier alpha value is -2.40. The first-order valence-electron chi connectivity index (χ1n) is 10.6. The second kappa shape index (κ2) is 7.79. The van der Waals surface area contributed by atoms with Crippen molar-refractivity contribution in [1.82, 2.24) is 15.2 Å². The van der Waals surface area contributed by atoms with E-state index in [4.69, 9.17) is 9.72 Å². The average molecular weight is 394 g/mol. The number of benzene rings is 1. The highest BCUT2D eigenvalue weighted by Crippen LogP contribution is 2.52. The van der Waals surface area contributed by atoms with Gasteiger partial charge in [0.05, 0.1) is 5.69 Å². The van der Waals surface area contributed by atoms with E-state index in [1.165, 1.54) is 22.4 Å². The van der Waals surface area contributed by atoms with Crippen molar-refractivity contribution < 1.29 is 9.53 Å². The Morgan fingerprint density at radius 2 is 1.86 bits per heavy atom. The maximum Gasteiger partial charge on any atom is 0.407 e. The number of piperidine rings is 1. The van der Waals surface area contributed by atoms with E-state index in [0.29, 0.717) is 6.54 Å². The quantitative estimate of drug-likeness (QED) is 0.784. The summed E-state index contributed by atoms with van der Waals surface area (Å²) in [5.41, 5.74) is 4.96. The normalized spacial score (nSPS) is 17.6. The highest BCUT2D eigenvalue weighted by molar-refractivity contribution is 5.79. The van der Waals surface area contributed by atoms with Gasteiger partial charge in [-0.1, -0.05) is 30.3 Å². The molecule has 5 nitrogen and oxygen atoms in total. The molecule has 29 heavy (non-hydrogen) atoms. The summed E-state index contributed by atoms with van der Waals surface area (Å²) in [5.74, 6) is 0. The van der Waals surface area contributed by atoms with Crippen LogP contribution >= 0.6 is 0 Å². The molecule has 1 aromatic heterocycles. The number of rotatable bonds is 4. The molecule has 0 unspecified atom stereocenters. The summed E-state index contributed by atoms with van der Waals surface area (Å²) < 4.78 is 5.29. The van der Waals surface area contributed by atoms with Crippen LogP contribution in [0.5, 0.6) is 0 Å². The zero-order valence-electron chi connectivity index (χ0n) is 17.7. The van der Waals surface area contributed by atoms with Gasteiger partial charge in [0.2, 0.25) is 0 Å². The summed E-state index contributed by atoms with van der Waals surface area (Å²) in [6.07, 6.45) is 4.71. The summed E-state index contributed by atoms with van der Waals surface area (Å²) in [6.45, 7) is 9.37. The van der Waals surface area contributed by atoms with Crippen LogP contribution < -0.4 is 5.32 Å². The fourth-order valence-electron chi connectivity index (χ4n) is 4.74. The standard InChI is InChI=1S/C24H31N3O2/c1-23(2,3)29-22(28)26-14-7-15-27-16-11-24(12-17-27)20-10-5-4-8-18(20)19-9-6-13-25-21(19)24/h4-6,8-10,13H,7,11-12,14-17H2,1-3H3,(H,26,28). The van der Waals surface area contributed by atoms with Gasteiger partial charge in [0, 0.05) is 23.7 Å². The van der Waals surface area contributed by atoms with Crippen molar-refractivity contribution >= 4 is 6.09 Å². The van der Waals surface area contributed by atoms with E-state index in [-0.39, 0.29) is 11.5 Å². The lowest BCUT2D eigenvalue weighted by Crippen LogP contribution is -2.43. The second-order valence-electron chi connectivity index (χ2n) is 9.15. The van der Waals surface area contributed by atoms with Crippen LogP contribution in [0.4, 0.5) is 4.79 Å². The lowest BCUT2D eigenvalue weighted by atomic mass is 9.73. The number of fused-ring (bicyclic) bond motifs is 5. The predicted octanol–water partition coefficient (Wildman–Crippen LogP) is 4.36. The van der Waals surface area contributed by atoms with Gasteiger partial charge in [-0.3, -0.25) is 4.98 Å². The smallest absolute Gasteiger partial charge is 0.407 e. The van der Waals surface area contributed by atoms with Crippen LogP contribution in [-0.2, 0) is 10.2 Å². The zero-order chi connectivity index (χ0) is 20.5. The van der Waals surface area contributed by atoms with Crippen LogP contribution in [0.1, 0.15) is 51.3 Å². The molecule has 1 amide bonds. The van der Waals surface area contributed by atoms with Crippen molar-refractivity contribution in [2.45, 2.75) is 51.0 Å². The van der Waals surface area contributed by atoms with E-state index in [0.717, 1.165) is 38.9 Å². The minimum absolute atomic E-state index is 0.0540. The molecule has 1 aromatic carbocycles. The number of alkyl carbamates (subject to hydrolysis) is 1. The third-order valence-corrected chi connectivity index (χ3v) is 6.02. The number of nitrogens with one attached hydrogen (secondary N) is 1. The van der Waals surface area contributed by atoms with Gasteiger partial charge in [0.25, 0.3) is 0 Å². The molecule has 5 heteroatoms. The van der Waals surface area contributed by atoms with Crippen LogP contribution in [-0.4, -0.2) is 47.8 Å². The van der Waals surface area contributed by atoms with E-state index in [1.807, 2.05) is 33.0 Å². The van der Waals surface area contributed by atoms with Crippen LogP contribution in [0.2, 0.25) is 0 Å². The molecule has 154 valence electrons. The fourth-order valence-corrected chi connectivity index (χ4v) is 4.74. The molecular formula is C24H31N3O2. The Labute approximate surface area is 173 Å². The largest absolute Gasteiger partial charge is 0.444 e. The first kappa shape index (κ1) is 19.9. The lowest BCUT2D eigenvalue weighted by Gasteiger charge is -2.40. The van der Waals surface area contributed by atoms with Gasteiger partial charge in [-0.05, 0) is 76.9 Å². The van der Waals surface area contributed by atoms with Gasteiger partial charge in [-0.2, -0.15) is 0 Å². The topological polar surface area (TPSA) is 54.5 Å². The maximum atomic E-state index is 11.8. The molecule has 0 saturated carbocycles. The average Bonchev–Trinajstić information content (AvgIpc) is 2.96. The SMILES string of the molecule is CC(C)(C)OC(=O)NCCCN1CCC2(CC1)c1ccccc1-c1cccnc12. The number of hydrogen-bond donors (Lipinski definition) is 1. The molecule has 2 aliphatic rings. The Bertz CT molecular complexity index is 832. The molecule has 0 radical (unpaired) electrons. The van der Waals surface area contributed by atoms with E-state index >= 15 is 0 Å². The molecule has 4 rings (SSSR count). The number of amides is 1. The van der Waals surface area contributed by atoms with Crippen molar-refractivity contribution in [3.63, 3.8) is 0 Å². The van der Waals surface area contributed by atoms with Crippen molar-refractivity contribution in [2.75, 3.05) is 26.2 Å². The Morgan fingerprint density at radius 3 is 2.62 bits per heavy atom. The van der Waals surface area contributed by atoms with Gasteiger partial charge in [-0.25, -0.2) is 4.79 Å². The van der Waals surface area contributed by atoms with E-state index in [9.17, 15) is 4.79 Å². The lowest BCUT2D eigenvalue weighted by molar-refractivity contribution is 0.0525. The molecule has 0 bridgehead atoms. The monoisotopic (exact) mass is 393 g/mol. The zero-order valence-corrected chi connectivity index (χ0v) is 17.7. The number of hydrogen-bond acceptors (Lipinski definition) is 4. The predicted molar refractivity (Wildman–Crippen MR) is 115 cm³/mol. The van der Waals surface area contributed by atoms with Gasteiger partial charge >= 0.3 is 6.09 Å². The molecule has 1 saturated heterocycles. The van der Waals surface area contributed by atoms with Crippen LogP contribution in [0.15, 0.2) is 42.6 Å². The third-order valence-electron chi connectivity index (χ3n) is 6.02. The molecule has 0 atom stereocenters. The minimum Gasteiger partial charge on any atom is -0.444 e. The summed E-state index contributed by atoms with van der Waals surface area (Å²) in [5, 5.41) is 2.86. The van der Waals surface area contributed by atoms with E-state index in [1.54, 1.807) is 0 Å². The molecule has 1 fully saturated rings. The Morgan fingerprint density at radius 1 is 1.14 bits per heavy atom. The second-order valence-corrected chi connectivity index (χ2v) is 9.15. The van der Waals surface area contributed by atoms with Crippen LogP contribution in [0.3, 0.4) is 0 Å². The first-order chi connectivity index (χ1) is 13.9. The van der Waals surface area contributed by atoms with Gasteiger partial charge in [0.1, 0.15) is 5.60 Å². The highest BCUT2D eigenvalue weighted by Gasteiger charge is 2.45. The third kappa shape index (κ3) is 4.01. The van der Waals surface area contributed by atoms with Crippen LogP contribution in [0, 0.1) is 0 Å². The van der Waals surface area contributed by atoms with Crippen molar-refractivity contribution in [2.24, 2.45) is 0 Å². The summed E-state index contributed by atoms with van der Waals surface area (Å²) >= 11 is 0. The first-order valence-corrected chi connectivity index (χ1v) is 10.6. The Kier molecular flexibility index (Phi) is 5.34. The van der Waals surface area contributed by atoms with Crippen LogP contribution in [0.25, 0.3) is 11.1 Å². The van der Waals surface area contributed by atoms with E-state index < -0.39 is 5.60 Å². The maximum absolute atomic E-state index is 11.8. The number of pyridine rings is 1. The molecular weight excluding hydrogens is 362 g/mol. The van der Waals surface area contributed by atoms with Crippen molar-refractivity contribution in [3.05, 3.63) is 53.9 Å². The molecule has 1 aliphatic heterocycles. The van der Waals surface area contributed by atoms with Gasteiger partial charge in [0.15, 0.2) is 0 Å². The summed E-state index contributed by atoms with van der Waals surface area (Å²) in [6, 6.07) is 13.1. The molecule has 1 spiro atoms. The van der Waals surface area contributed by atoms with Crippen molar-refractivity contribution in [1.29, 1.82) is 0 Å². The summed E-state index contributed by atoms with van der Waals surface area (Å²) in [7, 11) is 0. The molecule has 2 heterocycles. The van der Waals surface area contributed by atoms with E-state index in [2.05, 4.69) is 40.5 Å². The number of nitrogens with zero attached hydrogens (tertiary/aromatic N) is 2. The minimum atomic E-state index is -0.451. The number of likely N-dealkylation sites (tertiary alicyclic amines) is 1. The summed E-state index contributed by atoms with van der Waals surface area (Å²) in [4.78, 5) is 19.1. The van der Waals surface area contributed by atoms with Gasteiger partial charge < -0.3 is 15.0 Å².